The molecule has 1 aromatic heterocycles. The molecule has 4 N–H and O–H groups in total. The van der Waals surface area contributed by atoms with E-state index in [-0.39, 0.29) is 17.9 Å². The molecule has 5 rings (SSSR count). The minimum absolute atomic E-state index is 0.114. The van der Waals surface area contributed by atoms with Crippen LogP contribution in [0, 0.1) is 6.92 Å². The summed E-state index contributed by atoms with van der Waals surface area (Å²) < 4.78 is 11.2. The Labute approximate surface area is 232 Å². The smallest absolute Gasteiger partial charge is 0.267 e. The van der Waals surface area contributed by atoms with Crippen molar-refractivity contribution in [2.24, 2.45) is 5.10 Å². The molecule has 1 aliphatic rings. The van der Waals surface area contributed by atoms with Crippen molar-refractivity contribution < 1.29 is 14.3 Å². The maximum atomic E-state index is 13.7. The van der Waals surface area contributed by atoms with E-state index in [2.05, 4.69) is 15.1 Å². The first kappa shape index (κ1) is 26.4. The fraction of sp³-hybridized carbons (Fsp3) is 0.161. The highest BCUT2D eigenvalue weighted by atomic mass is 16.5. The SMILES string of the molecule is COc1cc(Cc2cnc(N)nc2N)cc(/C=C/C(=O)N2N=Cc3ccccc3C2c2ccccc2C)c1OC. The first-order chi connectivity index (χ1) is 19.4. The molecule has 1 atom stereocenters. The number of aryl methyl sites for hydroxylation is 1. The van der Waals surface area contributed by atoms with E-state index >= 15 is 0 Å². The zero-order valence-corrected chi connectivity index (χ0v) is 22.5. The Balaban J connectivity index is 1.50. The van der Waals surface area contributed by atoms with Gasteiger partial charge in [-0.2, -0.15) is 10.1 Å². The molecule has 0 fully saturated rings. The molecule has 1 aliphatic heterocycles. The number of anilines is 2. The second-order valence-corrected chi connectivity index (χ2v) is 9.38. The monoisotopic (exact) mass is 534 g/mol. The van der Waals surface area contributed by atoms with Gasteiger partial charge in [-0.25, -0.2) is 9.99 Å². The van der Waals surface area contributed by atoms with Gasteiger partial charge in [0.15, 0.2) is 11.5 Å². The van der Waals surface area contributed by atoms with E-state index in [1.54, 1.807) is 32.7 Å². The van der Waals surface area contributed by atoms with Gasteiger partial charge in [-0.05, 0) is 47.4 Å². The number of nitrogens with two attached hydrogens (primary N) is 2. The number of rotatable bonds is 7. The molecular weight excluding hydrogens is 504 g/mol. The molecule has 9 heteroatoms. The first-order valence-electron chi connectivity index (χ1n) is 12.7. The molecule has 0 spiro atoms. The van der Waals surface area contributed by atoms with E-state index in [1.807, 2.05) is 67.6 Å². The zero-order chi connectivity index (χ0) is 28.2. The third kappa shape index (κ3) is 5.22. The lowest BCUT2D eigenvalue weighted by Crippen LogP contribution is -2.33. The van der Waals surface area contributed by atoms with Crippen LogP contribution in [0.3, 0.4) is 0 Å². The third-order valence-corrected chi connectivity index (χ3v) is 6.85. The van der Waals surface area contributed by atoms with Crippen LogP contribution in [0.4, 0.5) is 11.8 Å². The summed E-state index contributed by atoms with van der Waals surface area (Å²) in [6.07, 6.45) is 6.97. The Bertz CT molecular complexity index is 1630. The highest BCUT2D eigenvalue weighted by molar-refractivity contribution is 5.95. The lowest BCUT2D eigenvalue weighted by molar-refractivity contribution is -0.127. The van der Waals surface area contributed by atoms with Crippen LogP contribution < -0.4 is 20.9 Å². The number of amides is 1. The normalized spacial score (nSPS) is 14.3. The number of methoxy groups -OCH3 is 2. The molecule has 0 saturated carbocycles. The van der Waals surface area contributed by atoms with E-state index in [4.69, 9.17) is 20.9 Å². The maximum absolute atomic E-state index is 13.7. The molecular formula is C31H30N6O3. The summed E-state index contributed by atoms with van der Waals surface area (Å²) in [4.78, 5) is 21.8. The van der Waals surface area contributed by atoms with E-state index in [9.17, 15) is 4.79 Å². The largest absolute Gasteiger partial charge is 0.493 e. The van der Waals surface area contributed by atoms with Crippen molar-refractivity contribution in [2.45, 2.75) is 19.4 Å². The lowest BCUT2D eigenvalue weighted by Gasteiger charge is -2.32. The number of aromatic nitrogens is 2. The van der Waals surface area contributed by atoms with Crippen molar-refractivity contribution in [3.63, 3.8) is 0 Å². The molecule has 1 amide bonds. The standard InChI is InChI=1S/C31H30N6O3/c1-19-8-4-6-10-24(19)28-25-11-7-5-9-22(25)18-35-37(28)27(38)13-12-21-14-20(16-26(39-2)29(21)40-3)15-23-17-34-31(33)36-30(23)32/h4-14,16-18,28H,15H2,1-3H3,(H4,32,33,34,36)/b13-12+. The Morgan fingerprint density at radius 3 is 2.50 bits per heavy atom. The van der Waals surface area contributed by atoms with Gasteiger partial charge >= 0.3 is 0 Å². The molecule has 40 heavy (non-hydrogen) atoms. The predicted molar refractivity (Wildman–Crippen MR) is 156 cm³/mol. The lowest BCUT2D eigenvalue weighted by atomic mass is 9.90. The van der Waals surface area contributed by atoms with Gasteiger partial charge in [0.2, 0.25) is 5.95 Å². The number of carbonyl (C=O) groups excluding carboxylic acids is 1. The predicted octanol–water partition coefficient (Wildman–Crippen LogP) is 4.54. The molecule has 9 nitrogen and oxygen atoms in total. The van der Waals surface area contributed by atoms with Gasteiger partial charge in [-0.15, -0.1) is 0 Å². The van der Waals surface area contributed by atoms with Crippen LogP contribution in [0.5, 0.6) is 11.5 Å². The van der Waals surface area contributed by atoms with E-state index in [1.165, 1.54) is 11.1 Å². The van der Waals surface area contributed by atoms with Gasteiger partial charge in [-0.3, -0.25) is 4.79 Å². The van der Waals surface area contributed by atoms with Crippen LogP contribution in [0.1, 0.15) is 45.0 Å². The highest BCUT2D eigenvalue weighted by Gasteiger charge is 2.30. The summed E-state index contributed by atoms with van der Waals surface area (Å²) in [6, 6.07) is 19.4. The summed E-state index contributed by atoms with van der Waals surface area (Å²) in [7, 11) is 3.12. The quantitative estimate of drug-likeness (QED) is 0.333. The van der Waals surface area contributed by atoms with Crippen molar-refractivity contribution in [1.82, 2.24) is 15.0 Å². The Hall–Kier alpha value is -5.18. The molecule has 0 bridgehead atoms. The Kier molecular flexibility index (Phi) is 7.46. The molecule has 2 heterocycles. The number of fused-ring (bicyclic) bond motifs is 1. The van der Waals surface area contributed by atoms with E-state index < -0.39 is 0 Å². The topological polar surface area (TPSA) is 129 Å². The van der Waals surface area contributed by atoms with Gasteiger partial charge < -0.3 is 20.9 Å². The van der Waals surface area contributed by atoms with Crippen molar-refractivity contribution in [3.8, 4) is 11.5 Å². The van der Waals surface area contributed by atoms with Crippen LogP contribution in [-0.2, 0) is 11.2 Å². The molecule has 1 unspecified atom stereocenters. The zero-order valence-electron chi connectivity index (χ0n) is 22.5. The Morgan fingerprint density at radius 2 is 1.77 bits per heavy atom. The van der Waals surface area contributed by atoms with Gasteiger partial charge in [0.05, 0.1) is 20.4 Å². The van der Waals surface area contributed by atoms with Crippen molar-refractivity contribution >= 4 is 30.0 Å². The van der Waals surface area contributed by atoms with Gasteiger partial charge in [0.1, 0.15) is 11.9 Å². The molecule has 0 saturated heterocycles. The van der Waals surface area contributed by atoms with Crippen LogP contribution in [0.2, 0.25) is 0 Å². The number of carbonyl (C=O) groups is 1. The van der Waals surface area contributed by atoms with Crippen LogP contribution >= 0.6 is 0 Å². The molecule has 0 aliphatic carbocycles. The van der Waals surface area contributed by atoms with Crippen LogP contribution in [0.25, 0.3) is 6.08 Å². The van der Waals surface area contributed by atoms with Gasteiger partial charge in [0.25, 0.3) is 5.91 Å². The second kappa shape index (κ2) is 11.3. The number of nitrogen functional groups attached to an aromatic ring is 2. The molecule has 4 aromatic rings. The number of benzene rings is 3. The number of hydrogen-bond acceptors (Lipinski definition) is 8. The van der Waals surface area contributed by atoms with Crippen molar-refractivity contribution in [1.29, 1.82) is 0 Å². The maximum Gasteiger partial charge on any atom is 0.267 e. The minimum atomic E-state index is -0.365. The average Bonchev–Trinajstić information content (AvgIpc) is 2.96. The fourth-order valence-electron chi connectivity index (χ4n) is 4.88. The third-order valence-electron chi connectivity index (χ3n) is 6.85. The second-order valence-electron chi connectivity index (χ2n) is 9.38. The summed E-state index contributed by atoms with van der Waals surface area (Å²) in [5, 5.41) is 6.08. The summed E-state index contributed by atoms with van der Waals surface area (Å²) >= 11 is 0. The fourth-order valence-corrected chi connectivity index (χ4v) is 4.88. The van der Waals surface area contributed by atoms with Gasteiger partial charge in [0, 0.05) is 35.4 Å². The molecule has 202 valence electrons. The number of hydrazone groups is 1. The number of ether oxygens (including phenoxy) is 2. The van der Waals surface area contributed by atoms with Gasteiger partial charge in [-0.1, -0.05) is 48.5 Å². The number of hydrogen-bond donors (Lipinski definition) is 2. The number of nitrogens with zero attached hydrogens (tertiary/aromatic N) is 4. The summed E-state index contributed by atoms with van der Waals surface area (Å²) in [5.41, 5.74) is 18.0. The van der Waals surface area contributed by atoms with Crippen molar-refractivity contribution in [2.75, 3.05) is 25.7 Å². The summed E-state index contributed by atoms with van der Waals surface area (Å²) in [5.74, 6) is 1.16. The molecule has 0 radical (unpaired) electrons. The Morgan fingerprint density at radius 1 is 1.02 bits per heavy atom. The first-order valence-corrected chi connectivity index (χ1v) is 12.7. The van der Waals surface area contributed by atoms with E-state index in [0.29, 0.717) is 29.3 Å². The molecule has 3 aromatic carbocycles. The van der Waals surface area contributed by atoms with Crippen molar-refractivity contribution in [3.05, 3.63) is 112 Å². The summed E-state index contributed by atoms with van der Waals surface area (Å²) in [6.45, 7) is 2.04. The van der Waals surface area contributed by atoms with Crippen LogP contribution in [-0.4, -0.2) is 41.3 Å². The van der Waals surface area contributed by atoms with E-state index in [0.717, 1.165) is 33.4 Å². The minimum Gasteiger partial charge on any atom is -0.493 e. The van der Waals surface area contributed by atoms with Crippen LogP contribution in [0.15, 0.2) is 78.0 Å². The highest BCUT2D eigenvalue weighted by Crippen LogP contribution is 2.37. The average molecular weight is 535 g/mol.